The number of hydrogen-bond donors (Lipinski definition) is 0. The van der Waals surface area contributed by atoms with Gasteiger partial charge in [-0.25, -0.2) is 18.4 Å². The third kappa shape index (κ3) is 3.45. The quantitative estimate of drug-likeness (QED) is 0.301. The van der Waals surface area contributed by atoms with E-state index in [2.05, 4.69) is 16.7 Å². The maximum absolute atomic E-state index is 14.7. The van der Waals surface area contributed by atoms with Crippen molar-refractivity contribution in [1.29, 1.82) is 0 Å². The number of aromatic nitrogens is 3. The van der Waals surface area contributed by atoms with Gasteiger partial charge in [-0.2, -0.15) is 5.10 Å². The van der Waals surface area contributed by atoms with Crippen LogP contribution in [0, 0.1) is 11.6 Å². The Morgan fingerprint density at radius 2 is 2.11 bits per heavy atom. The molecule has 0 saturated carbocycles. The smallest absolute Gasteiger partial charge is 0.186 e. The monoisotopic (exact) mass is 419 g/mol. The summed E-state index contributed by atoms with van der Waals surface area (Å²) >= 11 is 7.80. The third-order valence-corrected chi connectivity index (χ3v) is 5.89. The number of benzene rings is 2. The lowest BCUT2D eigenvalue weighted by molar-refractivity contribution is 0.250. The molecule has 8 heteroatoms. The van der Waals surface area contributed by atoms with Crippen LogP contribution >= 0.6 is 23.4 Å². The van der Waals surface area contributed by atoms with Crippen LogP contribution in [0.15, 0.2) is 66.6 Å². The Labute approximate surface area is 170 Å². The van der Waals surface area contributed by atoms with Gasteiger partial charge in [0, 0.05) is 28.0 Å². The Morgan fingerprint density at radius 1 is 1.29 bits per heavy atom. The molecule has 4 rings (SSSR count). The molecule has 0 unspecified atom stereocenters. The minimum Gasteiger partial charge on any atom is -0.354 e. The van der Waals surface area contributed by atoms with Crippen LogP contribution in [0.1, 0.15) is 17.2 Å². The fourth-order valence-corrected chi connectivity index (χ4v) is 4.14. The lowest BCUT2D eigenvalue weighted by Gasteiger charge is -2.16. The number of thioether (sulfide) groups is 1. The molecule has 2 heterocycles. The number of halogens is 3. The summed E-state index contributed by atoms with van der Waals surface area (Å²) in [5.74, 6) is -0.657. The molecule has 2 aromatic carbocycles. The van der Waals surface area contributed by atoms with Crippen LogP contribution in [0.5, 0.6) is 0 Å². The van der Waals surface area contributed by atoms with Crippen LogP contribution in [-0.4, -0.2) is 20.5 Å². The first-order valence-corrected chi connectivity index (χ1v) is 9.91. The van der Waals surface area contributed by atoms with E-state index < -0.39 is 23.3 Å². The molecule has 0 bridgehead atoms. The zero-order valence-electron chi connectivity index (χ0n) is 14.7. The highest BCUT2D eigenvalue weighted by Gasteiger charge is 2.61. The zero-order chi connectivity index (χ0) is 19.7. The molecule has 1 aliphatic heterocycles. The Hall–Kier alpha value is -2.22. The number of epoxide rings is 1. The first kappa shape index (κ1) is 19.1. The van der Waals surface area contributed by atoms with E-state index in [1.54, 1.807) is 16.8 Å². The van der Waals surface area contributed by atoms with Crippen molar-refractivity contribution in [3.05, 3.63) is 89.2 Å². The maximum atomic E-state index is 14.7. The molecular weight excluding hydrogens is 404 g/mol. The molecule has 1 aliphatic rings. The molecule has 1 saturated heterocycles. The van der Waals surface area contributed by atoms with Crippen molar-refractivity contribution < 1.29 is 13.5 Å². The summed E-state index contributed by atoms with van der Waals surface area (Å²) in [6.07, 6.45) is 2.72. The first-order valence-electron chi connectivity index (χ1n) is 8.54. The van der Waals surface area contributed by atoms with Gasteiger partial charge in [-0.1, -0.05) is 53.7 Å². The van der Waals surface area contributed by atoms with E-state index >= 15 is 0 Å². The molecule has 144 valence electrons. The van der Waals surface area contributed by atoms with Crippen molar-refractivity contribution in [2.45, 2.75) is 23.4 Å². The van der Waals surface area contributed by atoms with E-state index in [9.17, 15) is 8.78 Å². The highest BCUT2D eigenvalue weighted by atomic mass is 35.5. The van der Waals surface area contributed by atoms with E-state index in [0.717, 1.165) is 11.6 Å². The van der Waals surface area contributed by atoms with Gasteiger partial charge in [0.2, 0.25) is 0 Å². The van der Waals surface area contributed by atoms with Gasteiger partial charge in [0.1, 0.15) is 29.7 Å². The second-order valence-corrected chi connectivity index (χ2v) is 7.73. The van der Waals surface area contributed by atoms with Gasteiger partial charge in [-0.3, -0.25) is 0 Å². The second kappa shape index (κ2) is 7.66. The van der Waals surface area contributed by atoms with Crippen LogP contribution < -0.4 is 0 Å². The first-order chi connectivity index (χ1) is 13.5. The standard InChI is InChI=1S/C20H16ClF2N3OS/c1-2-9-28-19-24-12-25-26(19)11-20(15-8-7-13(22)10-17(15)23)18(27-20)14-5-3-4-6-16(14)21/h2-8,10,12,18H,1,9,11H2/t18-,20-/m0/s1. The molecule has 28 heavy (non-hydrogen) atoms. The summed E-state index contributed by atoms with van der Waals surface area (Å²) in [6.45, 7) is 3.92. The molecule has 0 amide bonds. The van der Waals surface area contributed by atoms with Gasteiger partial charge in [-0.05, 0) is 12.1 Å². The molecule has 0 N–H and O–H groups in total. The lowest BCUT2D eigenvalue weighted by atomic mass is 9.91. The van der Waals surface area contributed by atoms with E-state index in [1.165, 1.54) is 30.2 Å². The number of rotatable bonds is 7. The average Bonchev–Trinajstić information content (AvgIpc) is 3.21. The van der Waals surface area contributed by atoms with Gasteiger partial charge < -0.3 is 4.74 Å². The van der Waals surface area contributed by atoms with Crippen molar-refractivity contribution in [2.75, 3.05) is 5.75 Å². The van der Waals surface area contributed by atoms with Gasteiger partial charge in [0.05, 0.1) is 6.54 Å². The summed E-state index contributed by atoms with van der Waals surface area (Å²) in [7, 11) is 0. The van der Waals surface area contributed by atoms with Crippen LogP contribution in [0.2, 0.25) is 5.02 Å². The summed E-state index contributed by atoms with van der Waals surface area (Å²) in [5.41, 5.74) is -0.0535. The predicted octanol–water partition coefficient (Wildman–Crippen LogP) is 5.15. The normalized spacial score (nSPS) is 20.9. The van der Waals surface area contributed by atoms with Crippen molar-refractivity contribution in [1.82, 2.24) is 14.8 Å². The van der Waals surface area contributed by atoms with E-state index in [4.69, 9.17) is 16.3 Å². The molecule has 0 aliphatic carbocycles. The highest BCUT2D eigenvalue weighted by molar-refractivity contribution is 7.99. The molecule has 3 aromatic rings. The Bertz CT molecular complexity index is 1030. The Morgan fingerprint density at radius 3 is 2.86 bits per heavy atom. The topological polar surface area (TPSA) is 43.2 Å². The summed E-state index contributed by atoms with van der Waals surface area (Å²) in [6, 6.07) is 10.7. The molecule has 1 aromatic heterocycles. The highest BCUT2D eigenvalue weighted by Crippen LogP contribution is 2.59. The second-order valence-electron chi connectivity index (χ2n) is 6.33. The van der Waals surface area contributed by atoms with Crippen LogP contribution in [0.3, 0.4) is 0 Å². The molecule has 0 radical (unpaired) electrons. The van der Waals surface area contributed by atoms with Crippen LogP contribution in [0.25, 0.3) is 0 Å². The lowest BCUT2D eigenvalue weighted by Crippen LogP contribution is -2.22. The van der Waals surface area contributed by atoms with Crippen molar-refractivity contribution in [3.63, 3.8) is 0 Å². The average molecular weight is 420 g/mol. The largest absolute Gasteiger partial charge is 0.354 e. The number of nitrogens with zero attached hydrogens (tertiary/aromatic N) is 3. The van der Waals surface area contributed by atoms with Crippen LogP contribution in [0.4, 0.5) is 8.78 Å². The predicted molar refractivity (Wildman–Crippen MR) is 104 cm³/mol. The summed E-state index contributed by atoms with van der Waals surface area (Å²) < 4.78 is 35.9. The molecule has 1 fully saturated rings. The molecule has 4 nitrogen and oxygen atoms in total. The minimum absolute atomic E-state index is 0.213. The minimum atomic E-state index is -1.06. The van der Waals surface area contributed by atoms with Crippen molar-refractivity contribution in [3.8, 4) is 0 Å². The summed E-state index contributed by atoms with van der Waals surface area (Å²) in [4.78, 5) is 4.24. The maximum Gasteiger partial charge on any atom is 0.186 e. The fourth-order valence-electron chi connectivity index (χ4n) is 3.25. The molecular formula is C20H16ClF2N3OS. The SMILES string of the molecule is C=CCSc1ncnn1C[C@@]1(c2ccc(F)cc2F)O[C@H]1c1ccccc1Cl. The van der Waals surface area contributed by atoms with E-state index in [1.807, 2.05) is 18.2 Å². The van der Waals surface area contributed by atoms with Gasteiger partial charge in [0.25, 0.3) is 0 Å². The van der Waals surface area contributed by atoms with Crippen LogP contribution in [-0.2, 0) is 16.9 Å². The zero-order valence-corrected chi connectivity index (χ0v) is 16.3. The van der Waals surface area contributed by atoms with Gasteiger partial charge in [-0.15, -0.1) is 6.58 Å². The Balaban J connectivity index is 1.75. The molecule has 0 spiro atoms. The van der Waals surface area contributed by atoms with Crippen molar-refractivity contribution in [2.24, 2.45) is 0 Å². The number of ether oxygens (including phenoxy) is 1. The van der Waals surface area contributed by atoms with Gasteiger partial charge >= 0.3 is 0 Å². The van der Waals surface area contributed by atoms with Crippen molar-refractivity contribution >= 4 is 23.4 Å². The van der Waals surface area contributed by atoms with Gasteiger partial charge in [0.15, 0.2) is 5.16 Å². The molecule has 2 atom stereocenters. The number of hydrogen-bond acceptors (Lipinski definition) is 4. The summed E-state index contributed by atoms with van der Waals surface area (Å²) in [5, 5.41) is 5.45. The van der Waals surface area contributed by atoms with E-state index in [0.29, 0.717) is 15.9 Å². The Kier molecular flexibility index (Phi) is 5.23. The van der Waals surface area contributed by atoms with E-state index in [-0.39, 0.29) is 12.1 Å². The third-order valence-electron chi connectivity index (χ3n) is 4.56. The fraction of sp³-hybridized carbons (Fsp3) is 0.200.